The van der Waals surface area contributed by atoms with Gasteiger partial charge in [-0.2, -0.15) is 0 Å². The van der Waals surface area contributed by atoms with Crippen LogP contribution in [0.4, 0.5) is 5.95 Å². The molecule has 0 aliphatic heterocycles. The van der Waals surface area contributed by atoms with Crippen LogP contribution in [0.1, 0.15) is 17.2 Å². The molecule has 6 nitrogen and oxygen atoms in total. The number of amides is 1. The molecule has 0 aliphatic rings. The largest absolute Gasteiger partial charge is 0.378 e. The predicted molar refractivity (Wildman–Crippen MR) is 84.2 cm³/mol. The summed E-state index contributed by atoms with van der Waals surface area (Å²) in [5.74, 6) is 0.255. The summed E-state index contributed by atoms with van der Waals surface area (Å²) in [6.07, 6.45) is 2.20. The molecule has 1 aromatic heterocycles. The lowest BCUT2D eigenvalue weighted by atomic mass is 10.1. The van der Waals surface area contributed by atoms with Crippen LogP contribution >= 0.6 is 0 Å². The van der Waals surface area contributed by atoms with Crippen molar-refractivity contribution in [2.75, 3.05) is 26.0 Å². The van der Waals surface area contributed by atoms with E-state index < -0.39 is 6.10 Å². The molecule has 0 fully saturated rings. The summed E-state index contributed by atoms with van der Waals surface area (Å²) < 4.78 is 0. The normalized spacial score (nSPS) is 11.8. The van der Waals surface area contributed by atoms with E-state index in [9.17, 15) is 9.90 Å². The maximum Gasteiger partial charge on any atom is 0.256 e. The minimum atomic E-state index is -1.16. The fourth-order valence-electron chi connectivity index (χ4n) is 2.00. The first-order chi connectivity index (χ1) is 10.5. The third-order valence-electron chi connectivity index (χ3n) is 3.24. The molecule has 0 saturated heterocycles. The van der Waals surface area contributed by atoms with Gasteiger partial charge in [0.2, 0.25) is 5.95 Å². The second-order valence-electron chi connectivity index (χ2n) is 5.29. The lowest BCUT2D eigenvalue weighted by Crippen LogP contribution is -2.31. The van der Waals surface area contributed by atoms with Gasteiger partial charge >= 0.3 is 0 Å². The van der Waals surface area contributed by atoms with Crippen LogP contribution < -0.4 is 4.90 Å². The summed E-state index contributed by atoms with van der Waals surface area (Å²) in [7, 11) is 5.37. The number of anilines is 1. The van der Waals surface area contributed by atoms with Gasteiger partial charge in [0, 0.05) is 45.6 Å². The quantitative estimate of drug-likeness (QED) is 0.899. The van der Waals surface area contributed by atoms with E-state index in [1.165, 1.54) is 4.90 Å². The van der Waals surface area contributed by atoms with Gasteiger partial charge in [-0.05, 0) is 5.56 Å². The summed E-state index contributed by atoms with van der Waals surface area (Å²) in [5.41, 5.74) is 1.39. The zero-order valence-electron chi connectivity index (χ0n) is 13.0. The molecule has 1 heterocycles. The smallest absolute Gasteiger partial charge is 0.256 e. The van der Waals surface area contributed by atoms with E-state index >= 15 is 0 Å². The van der Waals surface area contributed by atoms with Crippen LogP contribution in [0.25, 0.3) is 0 Å². The second kappa shape index (κ2) is 7.00. The third kappa shape index (κ3) is 3.79. The third-order valence-corrected chi connectivity index (χ3v) is 3.24. The van der Waals surface area contributed by atoms with Crippen LogP contribution in [0.15, 0.2) is 42.7 Å². The van der Waals surface area contributed by atoms with Crippen molar-refractivity contribution in [2.45, 2.75) is 12.6 Å². The van der Waals surface area contributed by atoms with Crippen LogP contribution in [0.3, 0.4) is 0 Å². The number of rotatable bonds is 5. The molecule has 1 atom stereocenters. The predicted octanol–water partition coefficient (Wildman–Crippen LogP) is 1.23. The second-order valence-corrected chi connectivity index (χ2v) is 5.29. The van der Waals surface area contributed by atoms with Crippen LogP contribution in [0.5, 0.6) is 0 Å². The Balaban J connectivity index is 2.02. The Morgan fingerprint density at radius 3 is 2.27 bits per heavy atom. The molecule has 1 aromatic carbocycles. The first-order valence-corrected chi connectivity index (χ1v) is 6.95. The minimum absolute atomic E-state index is 0.344. The van der Waals surface area contributed by atoms with E-state index in [1.54, 1.807) is 48.6 Å². The van der Waals surface area contributed by atoms with Gasteiger partial charge in [0.1, 0.15) is 0 Å². The Bertz CT molecular complexity index is 614. The van der Waals surface area contributed by atoms with Crippen LogP contribution in [-0.2, 0) is 11.3 Å². The summed E-state index contributed by atoms with van der Waals surface area (Å²) >= 11 is 0. The van der Waals surface area contributed by atoms with Gasteiger partial charge in [-0.25, -0.2) is 9.97 Å². The van der Waals surface area contributed by atoms with E-state index in [2.05, 4.69) is 9.97 Å². The topological polar surface area (TPSA) is 69.6 Å². The number of aliphatic hydroxyl groups excluding tert-OH is 1. The SMILES string of the molecule is CN(Cc1cnc(N(C)C)nc1)C(=O)[C@H](O)c1ccccc1. The monoisotopic (exact) mass is 300 g/mol. The van der Waals surface area contributed by atoms with Gasteiger partial charge in [0.15, 0.2) is 6.10 Å². The number of likely N-dealkylation sites (N-methyl/N-ethyl adjacent to an activating group) is 1. The Kier molecular flexibility index (Phi) is 5.06. The molecule has 6 heteroatoms. The van der Waals surface area contributed by atoms with Crippen LogP contribution in [0, 0.1) is 0 Å². The van der Waals surface area contributed by atoms with Gasteiger partial charge in [-0.15, -0.1) is 0 Å². The molecule has 116 valence electrons. The highest BCUT2D eigenvalue weighted by molar-refractivity contribution is 5.81. The average Bonchev–Trinajstić information content (AvgIpc) is 2.54. The lowest BCUT2D eigenvalue weighted by molar-refractivity contribution is -0.139. The standard InChI is InChI=1S/C16H20N4O2/c1-19(2)16-17-9-12(10-18-16)11-20(3)15(22)14(21)13-7-5-4-6-8-13/h4-10,14,21H,11H2,1-3H3/t14-/m1/s1. The van der Waals surface area contributed by atoms with Crippen molar-refractivity contribution in [3.8, 4) is 0 Å². The molecule has 0 saturated carbocycles. The van der Waals surface area contributed by atoms with Crippen molar-refractivity contribution in [3.63, 3.8) is 0 Å². The number of aromatic nitrogens is 2. The van der Waals surface area contributed by atoms with Gasteiger partial charge in [0.25, 0.3) is 5.91 Å². The highest BCUT2D eigenvalue weighted by atomic mass is 16.3. The Morgan fingerprint density at radius 2 is 1.73 bits per heavy atom. The molecule has 22 heavy (non-hydrogen) atoms. The van der Waals surface area contributed by atoms with Crippen molar-refractivity contribution >= 4 is 11.9 Å². The zero-order valence-corrected chi connectivity index (χ0v) is 13.0. The number of carbonyl (C=O) groups is 1. The minimum Gasteiger partial charge on any atom is -0.378 e. The van der Waals surface area contributed by atoms with E-state index in [4.69, 9.17) is 0 Å². The highest BCUT2D eigenvalue weighted by Crippen LogP contribution is 2.16. The molecular formula is C16H20N4O2. The van der Waals surface area contributed by atoms with E-state index in [-0.39, 0.29) is 5.91 Å². The molecule has 2 aromatic rings. The molecule has 0 unspecified atom stereocenters. The van der Waals surface area contributed by atoms with Gasteiger partial charge in [0.05, 0.1) is 0 Å². The molecule has 1 N–H and O–H groups in total. The van der Waals surface area contributed by atoms with Crippen LogP contribution in [-0.4, -0.2) is 47.0 Å². The van der Waals surface area contributed by atoms with E-state index in [0.29, 0.717) is 18.1 Å². The summed E-state index contributed by atoms with van der Waals surface area (Å²) in [6, 6.07) is 8.88. The van der Waals surface area contributed by atoms with E-state index in [1.807, 2.05) is 20.2 Å². The van der Waals surface area contributed by atoms with Gasteiger partial charge < -0.3 is 14.9 Å². The number of nitrogens with zero attached hydrogens (tertiary/aromatic N) is 4. The summed E-state index contributed by atoms with van der Waals surface area (Å²) in [4.78, 5) is 23.9. The highest BCUT2D eigenvalue weighted by Gasteiger charge is 2.21. The molecule has 2 rings (SSSR count). The zero-order chi connectivity index (χ0) is 16.1. The fraction of sp³-hybridized carbons (Fsp3) is 0.312. The van der Waals surface area contributed by atoms with Gasteiger partial charge in [-0.3, -0.25) is 4.79 Å². The lowest BCUT2D eigenvalue weighted by Gasteiger charge is -2.21. The van der Waals surface area contributed by atoms with Crippen molar-refractivity contribution in [3.05, 3.63) is 53.9 Å². The molecule has 1 amide bonds. The Hall–Kier alpha value is -2.47. The Morgan fingerprint density at radius 1 is 1.14 bits per heavy atom. The van der Waals surface area contributed by atoms with E-state index in [0.717, 1.165) is 5.56 Å². The number of aliphatic hydroxyl groups is 1. The maximum absolute atomic E-state index is 12.2. The van der Waals surface area contributed by atoms with Crippen molar-refractivity contribution < 1.29 is 9.90 Å². The first-order valence-electron chi connectivity index (χ1n) is 6.95. The van der Waals surface area contributed by atoms with Crippen molar-refractivity contribution in [1.82, 2.24) is 14.9 Å². The number of carbonyl (C=O) groups excluding carboxylic acids is 1. The number of hydrogen-bond acceptors (Lipinski definition) is 5. The molecule has 0 spiro atoms. The Labute approximate surface area is 130 Å². The molecule has 0 bridgehead atoms. The molecule has 0 aliphatic carbocycles. The van der Waals surface area contributed by atoms with Crippen molar-refractivity contribution in [1.29, 1.82) is 0 Å². The number of hydrogen-bond donors (Lipinski definition) is 1. The van der Waals surface area contributed by atoms with Crippen LogP contribution in [0.2, 0.25) is 0 Å². The van der Waals surface area contributed by atoms with Gasteiger partial charge in [-0.1, -0.05) is 30.3 Å². The summed E-state index contributed by atoms with van der Waals surface area (Å²) in [6.45, 7) is 0.344. The fourth-order valence-corrected chi connectivity index (χ4v) is 2.00. The van der Waals surface area contributed by atoms with Crippen molar-refractivity contribution in [2.24, 2.45) is 0 Å². The molecular weight excluding hydrogens is 280 g/mol. The molecule has 0 radical (unpaired) electrons. The summed E-state index contributed by atoms with van der Waals surface area (Å²) in [5, 5.41) is 10.1. The first kappa shape index (κ1) is 15.9. The number of benzene rings is 1. The maximum atomic E-state index is 12.2. The average molecular weight is 300 g/mol.